The zero-order valence-electron chi connectivity index (χ0n) is 12.9. The third-order valence-corrected chi connectivity index (χ3v) is 3.53. The molecular formula is C20H17ClO3. The lowest BCUT2D eigenvalue weighted by Gasteiger charge is -2.09. The van der Waals surface area contributed by atoms with Crippen molar-refractivity contribution in [3.63, 3.8) is 0 Å². The van der Waals surface area contributed by atoms with Gasteiger partial charge in [-0.2, -0.15) is 0 Å². The summed E-state index contributed by atoms with van der Waals surface area (Å²) in [6.45, 7) is 3.61. The van der Waals surface area contributed by atoms with Crippen LogP contribution in [0.5, 0.6) is 5.75 Å². The molecule has 0 spiro atoms. The standard InChI is InChI=1S/C20H17ClO3/c1-2-6-15-11-16(21)12-18(20(15)24)19(23)13-17(22)10-9-14-7-4-3-5-8-14/h2-5,7-13,23-24H,1,6H2/b10-9+,19-13-. The molecule has 122 valence electrons. The second-order valence-corrected chi connectivity index (χ2v) is 5.57. The summed E-state index contributed by atoms with van der Waals surface area (Å²) < 4.78 is 0. The highest BCUT2D eigenvalue weighted by atomic mass is 35.5. The molecule has 0 fully saturated rings. The Bertz CT molecular complexity index is 805. The Morgan fingerprint density at radius 2 is 1.92 bits per heavy atom. The Morgan fingerprint density at radius 1 is 1.21 bits per heavy atom. The molecule has 4 heteroatoms. The molecule has 0 aliphatic carbocycles. The van der Waals surface area contributed by atoms with Crippen LogP contribution in [0, 0.1) is 0 Å². The van der Waals surface area contributed by atoms with E-state index in [1.165, 1.54) is 12.1 Å². The first kappa shape index (κ1) is 17.6. The maximum atomic E-state index is 12.0. The molecule has 2 N–H and O–H groups in total. The molecule has 0 amide bonds. The smallest absolute Gasteiger partial charge is 0.182 e. The Morgan fingerprint density at radius 3 is 2.58 bits per heavy atom. The van der Waals surface area contributed by atoms with Crippen molar-refractivity contribution in [1.29, 1.82) is 0 Å². The van der Waals surface area contributed by atoms with Crippen LogP contribution in [0.3, 0.4) is 0 Å². The number of ketones is 1. The highest BCUT2D eigenvalue weighted by molar-refractivity contribution is 6.31. The second kappa shape index (κ2) is 8.18. The van der Waals surface area contributed by atoms with Crippen LogP contribution >= 0.6 is 11.6 Å². The number of aromatic hydroxyl groups is 1. The van der Waals surface area contributed by atoms with Crippen molar-refractivity contribution in [1.82, 2.24) is 0 Å². The molecule has 0 saturated heterocycles. The number of aliphatic hydroxyl groups is 1. The summed E-state index contributed by atoms with van der Waals surface area (Å²) >= 11 is 6.00. The number of hydrogen-bond donors (Lipinski definition) is 2. The first-order chi connectivity index (χ1) is 11.5. The molecule has 3 nitrogen and oxygen atoms in total. The molecule has 24 heavy (non-hydrogen) atoms. The molecular weight excluding hydrogens is 324 g/mol. The molecule has 0 radical (unpaired) electrons. The van der Waals surface area contributed by atoms with E-state index in [1.807, 2.05) is 30.3 Å². The predicted octanol–water partition coefficient (Wildman–Crippen LogP) is 4.96. The molecule has 0 heterocycles. The summed E-state index contributed by atoms with van der Waals surface area (Å²) in [5.41, 5.74) is 1.51. The largest absolute Gasteiger partial charge is 0.507 e. The number of hydrogen-bond acceptors (Lipinski definition) is 3. The fourth-order valence-corrected chi connectivity index (χ4v) is 2.41. The molecule has 0 aliphatic heterocycles. The van der Waals surface area contributed by atoms with Gasteiger partial charge in [-0.3, -0.25) is 4.79 Å². The number of allylic oxidation sites excluding steroid dienone is 3. The lowest BCUT2D eigenvalue weighted by molar-refractivity contribution is -0.110. The van der Waals surface area contributed by atoms with Gasteiger partial charge in [0.2, 0.25) is 0 Å². The molecule has 0 aliphatic rings. The van der Waals surface area contributed by atoms with Gasteiger partial charge in [-0.25, -0.2) is 0 Å². The van der Waals surface area contributed by atoms with E-state index in [2.05, 4.69) is 6.58 Å². The van der Waals surface area contributed by atoms with Crippen molar-refractivity contribution in [2.24, 2.45) is 0 Å². The first-order valence-corrected chi connectivity index (χ1v) is 7.69. The van der Waals surface area contributed by atoms with Crippen molar-refractivity contribution in [2.45, 2.75) is 6.42 Å². The van der Waals surface area contributed by atoms with E-state index in [0.717, 1.165) is 11.6 Å². The summed E-state index contributed by atoms with van der Waals surface area (Å²) in [6.07, 6.45) is 6.05. The van der Waals surface area contributed by atoms with Crippen LogP contribution in [0.1, 0.15) is 16.7 Å². The summed E-state index contributed by atoms with van der Waals surface area (Å²) in [4.78, 5) is 12.0. The van der Waals surface area contributed by atoms with E-state index >= 15 is 0 Å². The fraction of sp³-hybridized carbons (Fsp3) is 0.0500. The van der Waals surface area contributed by atoms with E-state index < -0.39 is 5.78 Å². The van der Waals surface area contributed by atoms with Gasteiger partial charge < -0.3 is 10.2 Å². The molecule has 0 bridgehead atoms. The van der Waals surface area contributed by atoms with Crippen LogP contribution in [0.4, 0.5) is 0 Å². The highest BCUT2D eigenvalue weighted by Crippen LogP contribution is 2.31. The average molecular weight is 341 g/mol. The number of benzene rings is 2. The summed E-state index contributed by atoms with van der Waals surface area (Å²) in [5, 5.41) is 20.7. The highest BCUT2D eigenvalue weighted by Gasteiger charge is 2.12. The quantitative estimate of drug-likeness (QED) is 0.444. The zero-order valence-corrected chi connectivity index (χ0v) is 13.7. The Kier molecular flexibility index (Phi) is 5.99. The number of rotatable bonds is 6. The number of phenols is 1. The van der Waals surface area contributed by atoms with E-state index in [-0.39, 0.29) is 17.1 Å². The summed E-state index contributed by atoms with van der Waals surface area (Å²) in [5.74, 6) is -0.864. The Balaban J connectivity index is 2.26. The molecule has 0 saturated carbocycles. The maximum absolute atomic E-state index is 12.0. The second-order valence-electron chi connectivity index (χ2n) is 5.13. The van der Waals surface area contributed by atoms with Crippen molar-refractivity contribution in [3.05, 3.63) is 89.0 Å². The first-order valence-electron chi connectivity index (χ1n) is 7.31. The summed E-state index contributed by atoms with van der Waals surface area (Å²) in [6, 6.07) is 12.3. The van der Waals surface area contributed by atoms with Crippen LogP contribution in [0.2, 0.25) is 5.02 Å². The number of phenolic OH excluding ortho intramolecular Hbond substituents is 1. The lowest BCUT2D eigenvalue weighted by Crippen LogP contribution is -1.94. The molecule has 2 aromatic rings. The molecule has 0 unspecified atom stereocenters. The van der Waals surface area contributed by atoms with Gasteiger partial charge in [0.05, 0.1) is 5.56 Å². The van der Waals surface area contributed by atoms with Gasteiger partial charge >= 0.3 is 0 Å². The van der Waals surface area contributed by atoms with Crippen molar-refractivity contribution in [3.8, 4) is 5.75 Å². The minimum atomic E-state index is -0.402. The number of carbonyl (C=O) groups is 1. The molecule has 2 aromatic carbocycles. The number of aliphatic hydroxyl groups excluding tert-OH is 1. The minimum absolute atomic E-state index is 0.112. The van der Waals surface area contributed by atoms with Gasteiger partial charge in [0.15, 0.2) is 5.78 Å². The fourth-order valence-electron chi connectivity index (χ4n) is 2.17. The van der Waals surface area contributed by atoms with Gasteiger partial charge in [0.1, 0.15) is 11.5 Å². The van der Waals surface area contributed by atoms with Gasteiger partial charge in [-0.1, -0.05) is 54.1 Å². The van der Waals surface area contributed by atoms with Gasteiger partial charge in [-0.15, -0.1) is 6.58 Å². The average Bonchev–Trinajstić information content (AvgIpc) is 2.57. The van der Waals surface area contributed by atoms with Crippen molar-refractivity contribution in [2.75, 3.05) is 0 Å². The predicted molar refractivity (Wildman–Crippen MR) is 98.1 cm³/mol. The molecule has 2 rings (SSSR count). The van der Waals surface area contributed by atoms with Crippen molar-refractivity contribution >= 4 is 29.2 Å². The van der Waals surface area contributed by atoms with E-state index in [1.54, 1.807) is 18.2 Å². The Hall–Kier alpha value is -2.78. The summed E-state index contributed by atoms with van der Waals surface area (Å²) in [7, 11) is 0. The normalized spacial score (nSPS) is 11.6. The SMILES string of the molecule is C=CCc1cc(Cl)cc(/C(O)=C/C(=O)/C=C/c2ccccc2)c1O. The van der Waals surface area contributed by atoms with Crippen LogP contribution in [0.15, 0.2) is 67.3 Å². The third-order valence-electron chi connectivity index (χ3n) is 3.31. The minimum Gasteiger partial charge on any atom is -0.507 e. The topological polar surface area (TPSA) is 57.5 Å². The van der Waals surface area contributed by atoms with E-state index in [0.29, 0.717) is 17.0 Å². The van der Waals surface area contributed by atoms with E-state index in [9.17, 15) is 15.0 Å². The van der Waals surface area contributed by atoms with Crippen LogP contribution in [-0.2, 0) is 11.2 Å². The van der Waals surface area contributed by atoms with Crippen LogP contribution in [-0.4, -0.2) is 16.0 Å². The number of halogens is 1. The van der Waals surface area contributed by atoms with Gasteiger partial charge in [0.25, 0.3) is 0 Å². The van der Waals surface area contributed by atoms with E-state index in [4.69, 9.17) is 11.6 Å². The van der Waals surface area contributed by atoms with Gasteiger partial charge in [0, 0.05) is 11.1 Å². The van der Waals surface area contributed by atoms with Crippen LogP contribution in [0.25, 0.3) is 11.8 Å². The van der Waals surface area contributed by atoms with Crippen LogP contribution < -0.4 is 0 Å². The van der Waals surface area contributed by atoms with Gasteiger partial charge in [-0.05, 0) is 35.8 Å². The maximum Gasteiger partial charge on any atom is 0.182 e. The Labute approximate surface area is 145 Å². The third kappa shape index (κ3) is 4.61. The molecule has 0 atom stereocenters. The lowest BCUT2D eigenvalue weighted by atomic mass is 10.0. The number of carbonyl (C=O) groups excluding carboxylic acids is 1. The molecule has 0 aromatic heterocycles. The zero-order chi connectivity index (χ0) is 17.5. The monoisotopic (exact) mass is 340 g/mol. The van der Waals surface area contributed by atoms with Crippen molar-refractivity contribution < 1.29 is 15.0 Å².